The van der Waals surface area contributed by atoms with E-state index in [0.29, 0.717) is 0 Å². The van der Waals surface area contributed by atoms with E-state index in [2.05, 4.69) is 115 Å². The van der Waals surface area contributed by atoms with Crippen LogP contribution in [0.4, 0.5) is 0 Å². The fourth-order valence-electron chi connectivity index (χ4n) is 5.33. The van der Waals surface area contributed by atoms with E-state index in [-0.39, 0.29) is 5.41 Å². The number of hydrogen-bond acceptors (Lipinski definition) is 2. The first-order valence-corrected chi connectivity index (χ1v) is 12.4. The minimum Gasteiger partial charge on any atom is -0.294 e. The van der Waals surface area contributed by atoms with Crippen molar-refractivity contribution in [2.75, 3.05) is 0 Å². The van der Waals surface area contributed by atoms with Crippen molar-refractivity contribution >= 4 is 44.0 Å². The summed E-state index contributed by atoms with van der Waals surface area (Å²) in [5, 5.41) is 3.39. The number of hydrogen-bond donors (Lipinski definition) is 0. The summed E-state index contributed by atoms with van der Waals surface area (Å²) < 4.78 is 4.51. The van der Waals surface area contributed by atoms with Gasteiger partial charge in [0.25, 0.3) is 0 Å². The fourth-order valence-corrected chi connectivity index (χ4v) is 5.33. The Morgan fingerprint density at radius 2 is 1.22 bits per heavy atom. The lowest BCUT2D eigenvalue weighted by atomic mass is 9.87. The molecule has 0 bridgehead atoms. The number of benzene rings is 3. The van der Waals surface area contributed by atoms with Crippen LogP contribution in [0.25, 0.3) is 55.4 Å². The molecule has 4 heterocycles. The average molecular weight is 467 g/mol. The highest BCUT2D eigenvalue weighted by atomic mass is 15.1. The van der Waals surface area contributed by atoms with E-state index in [9.17, 15) is 0 Å². The largest absolute Gasteiger partial charge is 0.294 e. The number of pyridine rings is 2. The molecule has 7 rings (SSSR count). The molecule has 0 saturated heterocycles. The van der Waals surface area contributed by atoms with Gasteiger partial charge in [0.2, 0.25) is 0 Å². The van der Waals surface area contributed by atoms with Crippen molar-refractivity contribution in [3.8, 4) is 11.4 Å². The Hall–Kier alpha value is -4.44. The highest BCUT2D eigenvalue weighted by Gasteiger charge is 2.20. The van der Waals surface area contributed by atoms with Crippen molar-refractivity contribution in [3.05, 3.63) is 109 Å². The van der Waals surface area contributed by atoms with Gasteiger partial charge in [0.15, 0.2) is 0 Å². The Kier molecular flexibility index (Phi) is 4.37. The Labute approximate surface area is 209 Å². The number of rotatable bonds is 2. The minimum absolute atomic E-state index is 0.0992. The van der Waals surface area contributed by atoms with Gasteiger partial charge in [0, 0.05) is 33.7 Å². The lowest BCUT2D eigenvalue weighted by Gasteiger charge is -2.19. The van der Waals surface area contributed by atoms with Crippen LogP contribution in [0.1, 0.15) is 26.3 Å². The summed E-state index contributed by atoms with van der Waals surface area (Å²) >= 11 is 0. The van der Waals surface area contributed by atoms with E-state index in [1.54, 1.807) is 0 Å². The van der Waals surface area contributed by atoms with Gasteiger partial charge in [-0.15, -0.1) is 0 Å². The van der Waals surface area contributed by atoms with Crippen molar-refractivity contribution < 1.29 is 0 Å². The van der Waals surface area contributed by atoms with Gasteiger partial charge in [0.1, 0.15) is 11.3 Å². The zero-order valence-corrected chi connectivity index (χ0v) is 20.6. The van der Waals surface area contributed by atoms with Crippen LogP contribution < -0.4 is 0 Å². The van der Waals surface area contributed by atoms with Crippen molar-refractivity contribution in [1.29, 1.82) is 0 Å². The Morgan fingerprint density at radius 1 is 0.583 bits per heavy atom. The first-order valence-electron chi connectivity index (χ1n) is 12.4. The van der Waals surface area contributed by atoms with Gasteiger partial charge < -0.3 is 0 Å². The van der Waals surface area contributed by atoms with Crippen LogP contribution in [-0.4, -0.2) is 19.1 Å². The maximum atomic E-state index is 5.36. The van der Waals surface area contributed by atoms with Crippen LogP contribution in [0.2, 0.25) is 0 Å². The Balaban J connectivity index is 1.61. The number of fused-ring (bicyclic) bond motifs is 6. The molecule has 0 radical (unpaired) electrons. The molecular formula is C32H26N4. The third kappa shape index (κ3) is 3.01. The van der Waals surface area contributed by atoms with Crippen LogP contribution >= 0.6 is 0 Å². The smallest absolute Gasteiger partial charge is 0.149 e. The molecule has 3 aromatic carbocycles. The lowest BCUT2D eigenvalue weighted by molar-refractivity contribution is 0.590. The van der Waals surface area contributed by atoms with Crippen LogP contribution in [0.15, 0.2) is 103 Å². The third-order valence-electron chi connectivity index (χ3n) is 7.13. The molecule has 7 aromatic rings. The molecule has 4 nitrogen and oxygen atoms in total. The van der Waals surface area contributed by atoms with Crippen LogP contribution in [0.5, 0.6) is 0 Å². The maximum Gasteiger partial charge on any atom is 0.149 e. The van der Waals surface area contributed by atoms with E-state index in [1.165, 1.54) is 10.9 Å². The molecule has 0 aliphatic heterocycles. The highest BCUT2D eigenvalue weighted by molar-refractivity contribution is 6.15. The second-order valence-corrected chi connectivity index (χ2v) is 10.4. The molecule has 0 aliphatic carbocycles. The van der Waals surface area contributed by atoms with Crippen LogP contribution in [0.3, 0.4) is 0 Å². The summed E-state index contributed by atoms with van der Waals surface area (Å²) in [5.41, 5.74) is 8.65. The summed E-state index contributed by atoms with van der Waals surface area (Å²) in [6, 6.07) is 34.3. The molecule has 0 amide bonds. The van der Waals surface area contributed by atoms with Gasteiger partial charge >= 0.3 is 0 Å². The molecule has 0 atom stereocenters. The number of nitrogens with zero attached hydrogens (tertiary/aromatic N) is 4. The van der Waals surface area contributed by atoms with E-state index < -0.39 is 0 Å². The van der Waals surface area contributed by atoms with Gasteiger partial charge in [-0.25, -0.2) is 4.98 Å². The second-order valence-electron chi connectivity index (χ2n) is 10.4. The van der Waals surface area contributed by atoms with Crippen molar-refractivity contribution in [2.45, 2.75) is 26.2 Å². The van der Waals surface area contributed by atoms with Gasteiger partial charge in [-0.2, -0.15) is 0 Å². The zero-order chi connectivity index (χ0) is 24.4. The van der Waals surface area contributed by atoms with Gasteiger partial charge in [0.05, 0.1) is 16.6 Å². The first-order chi connectivity index (χ1) is 17.5. The van der Waals surface area contributed by atoms with Gasteiger partial charge in [-0.3, -0.25) is 14.1 Å². The fraction of sp³-hybridized carbons (Fsp3) is 0.125. The summed E-state index contributed by atoms with van der Waals surface area (Å²) in [5.74, 6) is 0. The lowest BCUT2D eigenvalue weighted by Crippen LogP contribution is -2.10. The van der Waals surface area contributed by atoms with Crippen LogP contribution in [-0.2, 0) is 5.41 Å². The highest BCUT2D eigenvalue weighted by Crippen LogP contribution is 2.37. The number of aromatic nitrogens is 4. The summed E-state index contributed by atoms with van der Waals surface area (Å²) in [6.07, 6.45) is 1.87. The molecule has 0 unspecified atom stereocenters. The van der Waals surface area contributed by atoms with Crippen molar-refractivity contribution in [2.24, 2.45) is 0 Å². The van der Waals surface area contributed by atoms with Gasteiger partial charge in [-0.05, 0) is 59.5 Å². The number of para-hydroxylation sites is 2. The average Bonchev–Trinajstić information content (AvgIpc) is 3.40. The molecule has 0 saturated carbocycles. The third-order valence-corrected chi connectivity index (χ3v) is 7.13. The van der Waals surface area contributed by atoms with Crippen molar-refractivity contribution in [3.63, 3.8) is 0 Å². The van der Waals surface area contributed by atoms with Gasteiger partial charge in [-0.1, -0.05) is 69.3 Å². The first kappa shape index (κ1) is 20.9. The monoisotopic (exact) mass is 466 g/mol. The zero-order valence-electron chi connectivity index (χ0n) is 20.6. The quantitative estimate of drug-likeness (QED) is 0.259. The molecule has 0 fully saturated rings. The molecule has 4 aromatic heterocycles. The SMILES string of the molecule is CC(C)(C)c1ccc(-n2c3cccnc3c3cc4c5ccccc5n(-c5ccccc5)c4nc32)cc1. The van der Waals surface area contributed by atoms with E-state index >= 15 is 0 Å². The molecule has 4 heteroatoms. The van der Waals surface area contributed by atoms with E-state index in [1.807, 2.05) is 18.3 Å². The summed E-state index contributed by atoms with van der Waals surface area (Å²) in [7, 11) is 0. The topological polar surface area (TPSA) is 35.6 Å². The molecule has 0 spiro atoms. The second kappa shape index (κ2) is 7.53. The Morgan fingerprint density at radius 3 is 2.00 bits per heavy atom. The summed E-state index contributed by atoms with van der Waals surface area (Å²) in [4.78, 5) is 10.2. The predicted octanol–water partition coefficient (Wildman–Crippen LogP) is 7.97. The van der Waals surface area contributed by atoms with Crippen LogP contribution in [0, 0.1) is 0 Å². The molecule has 0 N–H and O–H groups in total. The standard InChI is InChI=1S/C32H26N4/c1-32(2,3)21-15-17-23(18-16-21)36-28-14-9-19-33-29(28)26-20-25-24-12-7-8-13-27(24)35(30(25)34-31(26)36)22-10-5-4-6-11-22/h4-20H,1-3H3. The maximum absolute atomic E-state index is 5.36. The van der Waals surface area contributed by atoms with E-state index in [4.69, 9.17) is 9.97 Å². The predicted molar refractivity (Wildman–Crippen MR) is 149 cm³/mol. The molecular weight excluding hydrogens is 440 g/mol. The normalized spacial score (nSPS) is 12.3. The summed E-state index contributed by atoms with van der Waals surface area (Å²) in [6.45, 7) is 6.73. The molecule has 36 heavy (non-hydrogen) atoms. The molecule has 174 valence electrons. The van der Waals surface area contributed by atoms with Crippen molar-refractivity contribution in [1.82, 2.24) is 19.1 Å². The van der Waals surface area contributed by atoms with E-state index in [0.717, 1.165) is 50.0 Å². The Bertz CT molecular complexity index is 1900. The minimum atomic E-state index is 0.0992. The molecule has 0 aliphatic rings.